The minimum Gasteiger partial charge on any atom is -0.182 e. The molecule has 0 fully saturated rings. The fourth-order valence-corrected chi connectivity index (χ4v) is 1.16. The van der Waals surface area contributed by atoms with Gasteiger partial charge in [-0.05, 0) is 0 Å². The topological polar surface area (TPSA) is 0 Å². The molecule has 0 bridgehead atoms. The van der Waals surface area contributed by atoms with Crippen LogP contribution >= 0.6 is 31.9 Å². The minimum atomic E-state index is 0. The first-order valence-corrected chi connectivity index (χ1v) is 3.46. The van der Waals surface area contributed by atoms with Crippen LogP contribution in [-0.2, 0) is 0 Å². The molecule has 0 amide bonds. The summed E-state index contributed by atoms with van der Waals surface area (Å²) < 4.78 is 22.6. The van der Waals surface area contributed by atoms with Crippen molar-refractivity contribution >= 4 is 31.9 Å². The summed E-state index contributed by atoms with van der Waals surface area (Å²) in [6.07, 6.45) is 0. The Balaban J connectivity index is 0.00000121. The SMILES string of the molecule is [2H]c1[c-]c([2H])c(Br)c([2H])c1Br.[Li+]. The average Bonchev–Trinajstić information content (AvgIpc) is 1.97. The van der Waals surface area contributed by atoms with Crippen molar-refractivity contribution in [3.63, 3.8) is 0 Å². The van der Waals surface area contributed by atoms with Crippen molar-refractivity contribution in [2.75, 3.05) is 0 Å². The van der Waals surface area contributed by atoms with Crippen molar-refractivity contribution < 1.29 is 23.0 Å². The molecule has 0 N–H and O–H groups in total. The maximum atomic E-state index is 7.37. The van der Waals surface area contributed by atoms with E-state index in [-0.39, 0.29) is 37.0 Å². The Bertz CT molecular complexity index is 277. The zero-order valence-corrected chi connectivity index (χ0v) is 7.93. The molecule has 1 aromatic carbocycles. The predicted molar refractivity (Wildman–Crippen MR) is 40.7 cm³/mol. The Morgan fingerprint density at radius 3 is 2.22 bits per heavy atom. The van der Waals surface area contributed by atoms with Gasteiger partial charge in [0.25, 0.3) is 0 Å². The molecule has 0 aromatic heterocycles. The van der Waals surface area contributed by atoms with E-state index < -0.39 is 0 Å². The van der Waals surface area contributed by atoms with Crippen LogP contribution in [-0.4, -0.2) is 0 Å². The molecule has 1 rings (SSSR count). The van der Waals surface area contributed by atoms with Gasteiger partial charge in [-0.2, -0.15) is 18.2 Å². The molecule has 1 aromatic rings. The van der Waals surface area contributed by atoms with Crippen LogP contribution in [0.15, 0.2) is 27.1 Å². The van der Waals surface area contributed by atoms with Crippen molar-refractivity contribution in [3.8, 4) is 0 Å². The third kappa shape index (κ3) is 3.47. The summed E-state index contributed by atoms with van der Waals surface area (Å²) >= 11 is 6.09. The molecule has 0 saturated carbocycles. The maximum absolute atomic E-state index is 7.37. The molecule has 0 nitrogen and oxygen atoms in total. The van der Waals surface area contributed by atoms with Crippen LogP contribution in [0, 0.1) is 6.07 Å². The fourth-order valence-electron chi connectivity index (χ4n) is 0.300. The van der Waals surface area contributed by atoms with E-state index >= 15 is 0 Å². The molecule has 0 unspecified atom stereocenters. The molecule has 42 valence electrons. The van der Waals surface area contributed by atoms with Crippen LogP contribution < -0.4 is 18.9 Å². The molecular formula is C6H3Br2Li. The van der Waals surface area contributed by atoms with Crippen molar-refractivity contribution in [2.45, 2.75) is 0 Å². The third-order valence-electron chi connectivity index (χ3n) is 0.564. The van der Waals surface area contributed by atoms with E-state index in [2.05, 4.69) is 37.9 Å². The monoisotopic (exact) mass is 243 g/mol. The average molecular weight is 245 g/mol. The zero-order valence-electron chi connectivity index (χ0n) is 7.76. The van der Waals surface area contributed by atoms with Gasteiger partial charge in [-0.1, -0.05) is 8.95 Å². The largest absolute Gasteiger partial charge is 1.00 e. The van der Waals surface area contributed by atoms with E-state index in [1.165, 1.54) is 0 Å². The summed E-state index contributed by atoms with van der Waals surface area (Å²) in [6, 6.07) is 2.68. The second kappa shape index (κ2) is 4.57. The van der Waals surface area contributed by atoms with E-state index in [4.69, 9.17) is 4.11 Å². The minimum absolute atomic E-state index is 0. The standard InChI is InChI=1S/C6H3Br2.Li/c7-5-2-1-3-6(8)4-5;/h2-4H;/q-1;+1/i2D,3D,4D;. The zero-order chi connectivity index (χ0) is 8.59. The van der Waals surface area contributed by atoms with Crippen LogP contribution in [0.1, 0.15) is 4.11 Å². The van der Waals surface area contributed by atoms with Gasteiger partial charge in [0.15, 0.2) is 0 Å². The molecule has 0 aliphatic carbocycles. The van der Waals surface area contributed by atoms with E-state index in [9.17, 15) is 0 Å². The number of hydrogen-bond acceptors (Lipinski definition) is 0. The van der Waals surface area contributed by atoms with Crippen molar-refractivity contribution in [3.05, 3.63) is 33.1 Å². The Morgan fingerprint density at radius 2 is 1.78 bits per heavy atom. The van der Waals surface area contributed by atoms with Crippen LogP contribution in [0.25, 0.3) is 0 Å². The van der Waals surface area contributed by atoms with Crippen molar-refractivity contribution in [1.29, 1.82) is 0 Å². The number of hydrogen-bond donors (Lipinski definition) is 0. The van der Waals surface area contributed by atoms with Gasteiger partial charge in [-0.3, -0.25) is 0 Å². The molecule has 0 heterocycles. The van der Waals surface area contributed by atoms with Crippen molar-refractivity contribution in [2.24, 2.45) is 0 Å². The summed E-state index contributed by atoms with van der Waals surface area (Å²) in [4.78, 5) is 0. The van der Waals surface area contributed by atoms with E-state index in [1.54, 1.807) is 0 Å². The number of halogens is 2. The Morgan fingerprint density at radius 1 is 1.33 bits per heavy atom. The van der Waals surface area contributed by atoms with Gasteiger partial charge in [-0.15, -0.1) is 37.9 Å². The molecule has 0 saturated heterocycles. The first-order chi connectivity index (χ1) is 5.04. The van der Waals surface area contributed by atoms with Crippen molar-refractivity contribution in [1.82, 2.24) is 0 Å². The van der Waals surface area contributed by atoms with E-state index in [1.807, 2.05) is 0 Å². The molecule has 9 heavy (non-hydrogen) atoms. The molecule has 0 aliphatic heterocycles. The third-order valence-corrected chi connectivity index (χ3v) is 1.36. The Hall–Kier alpha value is 0.777. The summed E-state index contributed by atoms with van der Waals surface area (Å²) in [6.45, 7) is 0. The van der Waals surface area contributed by atoms with Gasteiger partial charge in [0.05, 0.1) is 0 Å². The van der Waals surface area contributed by atoms with Gasteiger partial charge in [-0.25, -0.2) is 0 Å². The summed E-state index contributed by atoms with van der Waals surface area (Å²) in [5.74, 6) is 0. The van der Waals surface area contributed by atoms with E-state index in [0.29, 0.717) is 8.95 Å². The second-order valence-corrected chi connectivity index (χ2v) is 2.71. The van der Waals surface area contributed by atoms with Gasteiger partial charge in [0, 0.05) is 4.11 Å². The first-order valence-electron chi connectivity index (χ1n) is 3.38. The maximum Gasteiger partial charge on any atom is 1.00 e. The molecular weight excluding hydrogens is 239 g/mol. The Labute approximate surface area is 87.7 Å². The summed E-state index contributed by atoms with van der Waals surface area (Å²) in [5.41, 5.74) is 0. The van der Waals surface area contributed by atoms with E-state index in [0.717, 1.165) is 0 Å². The summed E-state index contributed by atoms with van der Waals surface area (Å²) in [5, 5.41) is 0. The van der Waals surface area contributed by atoms with Crippen LogP contribution in [0.4, 0.5) is 0 Å². The van der Waals surface area contributed by atoms with Gasteiger partial charge < -0.3 is 0 Å². The van der Waals surface area contributed by atoms with Crippen LogP contribution in [0.2, 0.25) is 0 Å². The fraction of sp³-hybridized carbons (Fsp3) is 0. The molecule has 0 radical (unpaired) electrons. The van der Waals surface area contributed by atoms with Crippen LogP contribution in [0.3, 0.4) is 0 Å². The summed E-state index contributed by atoms with van der Waals surface area (Å²) in [7, 11) is 0. The Kier molecular flexibility index (Phi) is 2.76. The normalized spacial score (nSPS) is 12.9. The second-order valence-electron chi connectivity index (χ2n) is 1.13. The van der Waals surface area contributed by atoms with Gasteiger partial charge >= 0.3 is 18.9 Å². The smallest absolute Gasteiger partial charge is 0.182 e. The van der Waals surface area contributed by atoms with Crippen LogP contribution in [0.5, 0.6) is 0 Å². The number of rotatable bonds is 0. The predicted octanol–water partition coefficient (Wildman–Crippen LogP) is 0.0158. The molecule has 0 atom stereocenters. The molecule has 0 aliphatic rings. The number of benzene rings is 1. The quantitative estimate of drug-likeness (QED) is 0.446. The van der Waals surface area contributed by atoms with Gasteiger partial charge in [0.1, 0.15) is 0 Å². The molecule has 3 heteroatoms. The molecule has 0 spiro atoms. The van der Waals surface area contributed by atoms with Gasteiger partial charge in [0.2, 0.25) is 0 Å². The first kappa shape index (κ1) is 5.43.